The second kappa shape index (κ2) is 6.61. The summed E-state index contributed by atoms with van der Waals surface area (Å²) in [7, 11) is 0. The molecule has 21 heavy (non-hydrogen) atoms. The van der Waals surface area contributed by atoms with E-state index in [9.17, 15) is 9.59 Å². The van der Waals surface area contributed by atoms with Crippen LogP contribution in [-0.4, -0.2) is 34.1 Å². The van der Waals surface area contributed by atoms with Crippen LogP contribution in [0.15, 0.2) is 24.3 Å². The van der Waals surface area contributed by atoms with Gasteiger partial charge in [-0.25, -0.2) is 9.59 Å². The summed E-state index contributed by atoms with van der Waals surface area (Å²) in [5, 5.41) is 11.8. The number of rotatable bonds is 4. The number of hydrogen-bond acceptors (Lipinski definition) is 2. The summed E-state index contributed by atoms with van der Waals surface area (Å²) in [5.74, 6) is -0.942. The molecule has 2 unspecified atom stereocenters. The van der Waals surface area contributed by atoms with E-state index in [4.69, 9.17) is 5.11 Å². The molecule has 0 saturated carbocycles. The standard InChI is InChI=1S/C16H22N2O3/c1-3-14-9-4-11(2)18(14)16(21)17-10-12-5-7-13(8-6-12)15(19)20/h5-8,11,14H,3-4,9-10H2,1-2H3,(H,17,21)(H,19,20). The Kier molecular flexibility index (Phi) is 4.83. The first-order chi connectivity index (χ1) is 10.0. The van der Waals surface area contributed by atoms with Crippen molar-refractivity contribution >= 4 is 12.0 Å². The smallest absolute Gasteiger partial charge is 0.335 e. The van der Waals surface area contributed by atoms with Gasteiger partial charge in [-0.2, -0.15) is 0 Å². The van der Waals surface area contributed by atoms with E-state index in [-0.39, 0.29) is 17.6 Å². The fourth-order valence-corrected chi connectivity index (χ4v) is 2.87. The molecular weight excluding hydrogens is 268 g/mol. The molecule has 0 bridgehead atoms. The van der Waals surface area contributed by atoms with Crippen LogP contribution in [0.2, 0.25) is 0 Å². The number of carboxylic acids is 1. The van der Waals surface area contributed by atoms with Gasteiger partial charge in [0, 0.05) is 18.6 Å². The SMILES string of the molecule is CCC1CCC(C)N1C(=O)NCc1ccc(C(=O)O)cc1. The number of carbonyl (C=O) groups excluding carboxylic acids is 1. The van der Waals surface area contributed by atoms with Crippen LogP contribution in [0.3, 0.4) is 0 Å². The molecule has 2 rings (SSSR count). The quantitative estimate of drug-likeness (QED) is 0.895. The topological polar surface area (TPSA) is 69.6 Å². The van der Waals surface area contributed by atoms with E-state index in [2.05, 4.69) is 19.2 Å². The molecule has 1 aliphatic rings. The number of nitrogens with one attached hydrogen (secondary N) is 1. The summed E-state index contributed by atoms with van der Waals surface area (Å²) < 4.78 is 0. The van der Waals surface area contributed by atoms with Gasteiger partial charge in [0.2, 0.25) is 0 Å². The lowest BCUT2D eigenvalue weighted by Crippen LogP contribution is -2.45. The van der Waals surface area contributed by atoms with Crippen molar-refractivity contribution in [2.45, 2.75) is 51.7 Å². The predicted octanol–water partition coefficient (Wildman–Crippen LogP) is 2.86. The summed E-state index contributed by atoms with van der Waals surface area (Å²) in [6.07, 6.45) is 3.10. The summed E-state index contributed by atoms with van der Waals surface area (Å²) in [6, 6.07) is 7.14. The monoisotopic (exact) mass is 290 g/mol. The molecular formula is C16H22N2O3. The molecule has 0 spiro atoms. The zero-order chi connectivity index (χ0) is 15.4. The lowest BCUT2D eigenvalue weighted by atomic mass is 10.1. The van der Waals surface area contributed by atoms with Crippen LogP contribution in [0.4, 0.5) is 4.79 Å². The van der Waals surface area contributed by atoms with Gasteiger partial charge in [-0.3, -0.25) is 0 Å². The highest BCUT2D eigenvalue weighted by Crippen LogP contribution is 2.25. The van der Waals surface area contributed by atoms with Crippen molar-refractivity contribution in [2.75, 3.05) is 0 Å². The molecule has 2 atom stereocenters. The van der Waals surface area contributed by atoms with Crippen LogP contribution in [0.1, 0.15) is 49.0 Å². The first kappa shape index (κ1) is 15.4. The Morgan fingerprint density at radius 1 is 1.29 bits per heavy atom. The van der Waals surface area contributed by atoms with Crippen LogP contribution in [0.5, 0.6) is 0 Å². The third-order valence-electron chi connectivity index (χ3n) is 4.14. The van der Waals surface area contributed by atoms with Crippen molar-refractivity contribution in [2.24, 2.45) is 0 Å². The highest BCUT2D eigenvalue weighted by molar-refractivity contribution is 5.87. The molecule has 0 radical (unpaired) electrons. The number of carbonyl (C=O) groups is 2. The van der Waals surface area contributed by atoms with Crippen molar-refractivity contribution in [1.29, 1.82) is 0 Å². The van der Waals surface area contributed by atoms with Gasteiger partial charge in [0.15, 0.2) is 0 Å². The fraction of sp³-hybridized carbons (Fsp3) is 0.500. The maximum Gasteiger partial charge on any atom is 0.335 e. The van der Waals surface area contributed by atoms with Crippen molar-refractivity contribution in [3.63, 3.8) is 0 Å². The molecule has 114 valence electrons. The van der Waals surface area contributed by atoms with Crippen LogP contribution in [-0.2, 0) is 6.54 Å². The van der Waals surface area contributed by atoms with E-state index in [1.165, 1.54) is 0 Å². The number of amides is 2. The Morgan fingerprint density at radius 2 is 1.95 bits per heavy atom. The maximum absolute atomic E-state index is 12.3. The van der Waals surface area contributed by atoms with Crippen LogP contribution < -0.4 is 5.32 Å². The lowest BCUT2D eigenvalue weighted by Gasteiger charge is -2.28. The van der Waals surface area contributed by atoms with Crippen molar-refractivity contribution in [3.05, 3.63) is 35.4 Å². The molecule has 5 heteroatoms. The summed E-state index contributed by atoms with van der Waals surface area (Å²) >= 11 is 0. The van der Waals surface area contributed by atoms with Gasteiger partial charge in [-0.15, -0.1) is 0 Å². The van der Waals surface area contributed by atoms with Crippen molar-refractivity contribution in [1.82, 2.24) is 10.2 Å². The van der Waals surface area contributed by atoms with Gasteiger partial charge in [-0.05, 0) is 43.9 Å². The zero-order valence-electron chi connectivity index (χ0n) is 12.5. The Morgan fingerprint density at radius 3 is 2.52 bits per heavy atom. The molecule has 0 aliphatic carbocycles. The van der Waals surface area contributed by atoms with Crippen LogP contribution >= 0.6 is 0 Å². The van der Waals surface area contributed by atoms with Gasteiger partial charge < -0.3 is 15.3 Å². The number of likely N-dealkylation sites (tertiary alicyclic amines) is 1. The Bertz CT molecular complexity index is 513. The Balaban J connectivity index is 1.93. The minimum absolute atomic E-state index is 0.0332. The summed E-state index contributed by atoms with van der Waals surface area (Å²) in [6.45, 7) is 4.60. The average Bonchev–Trinajstić information content (AvgIpc) is 2.86. The largest absolute Gasteiger partial charge is 0.478 e. The van der Waals surface area contributed by atoms with Gasteiger partial charge >= 0.3 is 12.0 Å². The second-order valence-corrected chi connectivity index (χ2v) is 5.56. The van der Waals surface area contributed by atoms with E-state index in [0.717, 1.165) is 24.8 Å². The van der Waals surface area contributed by atoms with Crippen molar-refractivity contribution < 1.29 is 14.7 Å². The molecule has 1 saturated heterocycles. The van der Waals surface area contributed by atoms with Gasteiger partial charge in [-0.1, -0.05) is 19.1 Å². The number of carboxylic acid groups (broad SMARTS) is 1. The molecule has 1 heterocycles. The second-order valence-electron chi connectivity index (χ2n) is 5.56. The Labute approximate surface area is 125 Å². The van der Waals surface area contributed by atoms with Crippen LogP contribution in [0, 0.1) is 0 Å². The number of urea groups is 1. The minimum atomic E-state index is -0.942. The Hall–Kier alpha value is -2.04. The van der Waals surface area contributed by atoms with E-state index < -0.39 is 5.97 Å². The van der Waals surface area contributed by atoms with Crippen LogP contribution in [0.25, 0.3) is 0 Å². The first-order valence-corrected chi connectivity index (χ1v) is 7.41. The minimum Gasteiger partial charge on any atom is -0.478 e. The van der Waals surface area contributed by atoms with E-state index in [1.54, 1.807) is 24.3 Å². The normalized spacial score (nSPS) is 21.3. The number of hydrogen-bond donors (Lipinski definition) is 2. The molecule has 1 fully saturated rings. The summed E-state index contributed by atoms with van der Waals surface area (Å²) in [4.78, 5) is 25.0. The highest BCUT2D eigenvalue weighted by atomic mass is 16.4. The van der Waals surface area contributed by atoms with Gasteiger partial charge in [0.1, 0.15) is 0 Å². The number of benzene rings is 1. The molecule has 0 aromatic heterocycles. The zero-order valence-corrected chi connectivity index (χ0v) is 12.5. The molecule has 1 aliphatic heterocycles. The van der Waals surface area contributed by atoms with Gasteiger partial charge in [0.25, 0.3) is 0 Å². The van der Waals surface area contributed by atoms with E-state index >= 15 is 0 Å². The number of aromatic carboxylic acids is 1. The summed E-state index contributed by atoms with van der Waals surface area (Å²) in [5.41, 5.74) is 1.15. The fourth-order valence-electron chi connectivity index (χ4n) is 2.87. The molecule has 1 aromatic carbocycles. The molecule has 2 amide bonds. The predicted molar refractivity (Wildman–Crippen MR) is 80.3 cm³/mol. The first-order valence-electron chi connectivity index (χ1n) is 7.41. The molecule has 1 aromatic rings. The third kappa shape index (κ3) is 3.54. The number of nitrogens with zero attached hydrogens (tertiary/aromatic N) is 1. The van der Waals surface area contributed by atoms with E-state index in [1.807, 2.05) is 4.90 Å². The average molecular weight is 290 g/mol. The van der Waals surface area contributed by atoms with E-state index in [0.29, 0.717) is 12.6 Å². The highest BCUT2D eigenvalue weighted by Gasteiger charge is 2.32. The van der Waals surface area contributed by atoms with Crippen molar-refractivity contribution in [3.8, 4) is 0 Å². The maximum atomic E-state index is 12.3. The molecule has 2 N–H and O–H groups in total. The molecule has 5 nitrogen and oxygen atoms in total. The third-order valence-corrected chi connectivity index (χ3v) is 4.14. The lowest BCUT2D eigenvalue weighted by molar-refractivity contribution is 0.0697. The van der Waals surface area contributed by atoms with Gasteiger partial charge in [0.05, 0.1) is 5.56 Å².